The minimum atomic E-state index is -0.478. The number of nitrogens with zero attached hydrogens (tertiary/aromatic N) is 3. The van der Waals surface area contributed by atoms with Gasteiger partial charge in [0.25, 0.3) is 0 Å². The van der Waals surface area contributed by atoms with Crippen molar-refractivity contribution in [1.82, 2.24) is 9.88 Å². The molecule has 2 aromatic rings. The molecule has 0 saturated carbocycles. The molecule has 1 fully saturated rings. The Morgan fingerprint density at radius 2 is 1.81 bits per heavy atom. The second-order valence-electron chi connectivity index (χ2n) is 8.38. The predicted octanol–water partition coefficient (Wildman–Crippen LogP) is 4.38. The van der Waals surface area contributed by atoms with Crippen LogP contribution in [0, 0.1) is 6.92 Å². The topological polar surface area (TPSA) is 45.7 Å². The summed E-state index contributed by atoms with van der Waals surface area (Å²) in [6.45, 7) is 13.5. The van der Waals surface area contributed by atoms with Crippen LogP contribution in [0.3, 0.4) is 0 Å². The maximum absolute atomic E-state index is 12.6. The van der Waals surface area contributed by atoms with Gasteiger partial charge >= 0.3 is 6.09 Å². The first-order chi connectivity index (χ1) is 12.1. The molecule has 2 atom stereocenters. The van der Waals surface area contributed by atoms with Gasteiger partial charge in [0.1, 0.15) is 5.60 Å². The van der Waals surface area contributed by atoms with Gasteiger partial charge < -0.3 is 9.64 Å². The van der Waals surface area contributed by atoms with E-state index in [0.717, 1.165) is 29.7 Å². The van der Waals surface area contributed by atoms with Crippen molar-refractivity contribution in [2.75, 3.05) is 18.0 Å². The van der Waals surface area contributed by atoms with Gasteiger partial charge in [0.2, 0.25) is 0 Å². The quantitative estimate of drug-likeness (QED) is 0.762. The van der Waals surface area contributed by atoms with Crippen molar-refractivity contribution in [2.24, 2.45) is 0 Å². The molecule has 2 heterocycles. The van der Waals surface area contributed by atoms with E-state index in [0.29, 0.717) is 0 Å². The highest BCUT2D eigenvalue weighted by atomic mass is 16.6. The maximum Gasteiger partial charge on any atom is 0.410 e. The minimum Gasteiger partial charge on any atom is -0.444 e. The van der Waals surface area contributed by atoms with E-state index in [1.54, 1.807) is 0 Å². The molecule has 5 heteroatoms. The number of hydrogen-bond donors (Lipinski definition) is 0. The maximum atomic E-state index is 12.6. The molecule has 0 aliphatic carbocycles. The highest BCUT2D eigenvalue weighted by Gasteiger charge is 2.35. The van der Waals surface area contributed by atoms with Crippen LogP contribution in [0.4, 0.5) is 10.5 Å². The van der Waals surface area contributed by atoms with Crippen LogP contribution in [0.25, 0.3) is 10.9 Å². The van der Waals surface area contributed by atoms with Crippen molar-refractivity contribution in [1.29, 1.82) is 0 Å². The Hall–Kier alpha value is -2.30. The third-order valence-corrected chi connectivity index (χ3v) is 4.71. The number of benzene rings is 1. The number of anilines is 1. The van der Waals surface area contributed by atoms with Crippen molar-refractivity contribution >= 4 is 22.7 Å². The van der Waals surface area contributed by atoms with Gasteiger partial charge in [-0.2, -0.15) is 0 Å². The van der Waals surface area contributed by atoms with Gasteiger partial charge in [0.15, 0.2) is 0 Å². The zero-order chi connectivity index (χ0) is 19.1. The van der Waals surface area contributed by atoms with E-state index in [2.05, 4.69) is 54.9 Å². The number of aromatic nitrogens is 1. The monoisotopic (exact) mass is 355 g/mol. The fraction of sp³-hybridized carbons (Fsp3) is 0.524. The van der Waals surface area contributed by atoms with Crippen LogP contribution in [-0.4, -0.2) is 46.8 Å². The van der Waals surface area contributed by atoms with Crippen LogP contribution in [0.15, 0.2) is 30.5 Å². The van der Waals surface area contributed by atoms with Gasteiger partial charge in [0, 0.05) is 18.5 Å². The standard InChI is InChI=1S/C21H29N3O2/c1-14-7-8-19-17(9-14)10-18(11-22-19)23-12-15(2)24(16(3)13-23)20(25)26-21(4,5)6/h7-11,15-16H,12-13H2,1-6H3/t15-,16+. The normalized spacial score (nSPS) is 21.2. The first-order valence-corrected chi connectivity index (χ1v) is 9.27. The van der Waals surface area contributed by atoms with Gasteiger partial charge in [-0.05, 0) is 59.7 Å². The molecule has 1 aliphatic rings. The lowest BCUT2D eigenvalue weighted by molar-refractivity contribution is 0.00566. The van der Waals surface area contributed by atoms with Gasteiger partial charge in [0.05, 0.1) is 29.5 Å². The average Bonchev–Trinajstić information content (AvgIpc) is 2.51. The van der Waals surface area contributed by atoms with Gasteiger partial charge in [-0.25, -0.2) is 4.79 Å². The van der Waals surface area contributed by atoms with Crippen molar-refractivity contribution < 1.29 is 9.53 Å². The molecule has 0 bridgehead atoms. The van der Waals surface area contributed by atoms with Crippen LogP contribution in [0.2, 0.25) is 0 Å². The van der Waals surface area contributed by atoms with Crippen molar-refractivity contribution in [2.45, 2.75) is 59.2 Å². The molecule has 1 amide bonds. The van der Waals surface area contributed by atoms with E-state index in [-0.39, 0.29) is 18.2 Å². The second-order valence-corrected chi connectivity index (χ2v) is 8.38. The second kappa shape index (κ2) is 6.78. The number of carbonyl (C=O) groups excluding carboxylic acids is 1. The SMILES string of the molecule is Cc1ccc2ncc(N3C[C@@H](C)N(C(=O)OC(C)(C)C)[C@@H](C)C3)cc2c1. The van der Waals surface area contributed by atoms with E-state index < -0.39 is 5.60 Å². The first-order valence-electron chi connectivity index (χ1n) is 9.27. The Kier molecular flexibility index (Phi) is 4.82. The van der Waals surface area contributed by atoms with Crippen LogP contribution < -0.4 is 4.90 Å². The highest BCUT2D eigenvalue weighted by molar-refractivity contribution is 5.82. The van der Waals surface area contributed by atoms with E-state index in [1.807, 2.05) is 31.9 Å². The summed E-state index contributed by atoms with van der Waals surface area (Å²) in [5, 5.41) is 1.15. The Morgan fingerprint density at radius 3 is 2.42 bits per heavy atom. The van der Waals surface area contributed by atoms with E-state index in [4.69, 9.17) is 4.74 Å². The average molecular weight is 355 g/mol. The number of pyridine rings is 1. The molecule has 3 rings (SSSR count). The molecular weight excluding hydrogens is 326 g/mol. The number of aryl methyl sites for hydroxylation is 1. The summed E-state index contributed by atoms with van der Waals surface area (Å²) in [5.74, 6) is 0. The Labute approximate surface area is 156 Å². The lowest BCUT2D eigenvalue weighted by Crippen LogP contribution is -2.59. The van der Waals surface area contributed by atoms with Crippen LogP contribution in [0.1, 0.15) is 40.2 Å². The van der Waals surface area contributed by atoms with Crippen molar-refractivity contribution in [3.8, 4) is 0 Å². The highest BCUT2D eigenvalue weighted by Crippen LogP contribution is 2.26. The third kappa shape index (κ3) is 3.92. The molecule has 0 spiro atoms. The summed E-state index contributed by atoms with van der Waals surface area (Å²) in [6.07, 6.45) is 1.70. The van der Waals surface area contributed by atoms with Gasteiger partial charge in [-0.3, -0.25) is 9.88 Å². The van der Waals surface area contributed by atoms with Gasteiger partial charge in [-0.1, -0.05) is 11.6 Å². The Morgan fingerprint density at radius 1 is 1.15 bits per heavy atom. The summed E-state index contributed by atoms with van der Waals surface area (Å²) in [6, 6.07) is 8.63. The largest absolute Gasteiger partial charge is 0.444 e. The molecule has 0 unspecified atom stereocenters. The van der Waals surface area contributed by atoms with Crippen molar-refractivity contribution in [3.63, 3.8) is 0 Å². The zero-order valence-corrected chi connectivity index (χ0v) is 16.6. The van der Waals surface area contributed by atoms with E-state index >= 15 is 0 Å². The number of rotatable bonds is 1. The lowest BCUT2D eigenvalue weighted by atomic mass is 10.1. The van der Waals surface area contributed by atoms with Crippen LogP contribution in [-0.2, 0) is 4.74 Å². The number of hydrogen-bond acceptors (Lipinski definition) is 4. The molecule has 1 saturated heterocycles. The Bertz CT molecular complexity index is 800. The number of fused-ring (bicyclic) bond motifs is 1. The smallest absolute Gasteiger partial charge is 0.410 e. The molecular formula is C21H29N3O2. The summed E-state index contributed by atoms with van der Waals surface area (Å²) in [7, 11) is 0. The molecule has 1 aliphatic heterocycles. The molecule has 0 N–H and O–H groups in total. The fourth-order valence-corrected chi connectivity index (χ4v) is 3.62. The van der Waals surface area contributed by atoms with Crippen LogP contribution in [0.5, 0.6) is 0 Å². The predicted molar refractivity (Wildman–Crippen MR) is 106 cm³/mol. The number of piperazine rings is 1. The Balaban J connectivity index is 1.79. The zero-order valence-electron chi connectivity index (χ0n) is 16.6. The first kappa shape index (κ1) is 18.5. The van der Waals surface area contributed by atoms with Gasteiger partial charge in [-0.15, -0.1) is 0 Å². The fourth-order valence-electron chi connectivity index (χ4n) is 3.62. The number of carbonyl (C=O) groups is 1. The van der Waals surface area contributed by atoms with Crippen LogP contribution >= 0.6 is 0 Å². The molecule has 26 heavy (non-hydrogen) atoms. The molecule has 140 valence electrons. The molecule has 5 nitrogen and oxygen atoms in total. The summed E-state index contributed by atoms with van der Waals surface area (Å²) in [4.78, 5) is 21.3. The van der Waals surface area contributed by atoms with E-state index in [1.165, 1.54) is 5.56 Å². The van der Waals surface area contributed by atoms with Crippen molar-refractivity contribution in [3.05, 3.63) is 36.0 Å². The minimum absolute atomic E-state index is 0.0711. The lowest BCUT2D eigenvalue weighted by Gasteiger charge is -2.45. The number of ether oxygens (including phenoxy) is 1. The molecule has 0 radical (unpaired) electrons. The molecule has 1 aromatic carbocycles. The summed E-state index contributed by atoms with van der Waals surface area (Å²) < 4.78 is 5.59. The summed E-state index contributed by atoms with van der Waals surface area (Å²) >= 11 is 0. The molecule has 1 aromatic heterocycles. The van der Waals surface area contributed by atoms with E-state index in [9.17, 15) is 4.79 Å². The number of amides is 1. The summed E-state index contributed by atoms with van der Waals surface area (Å²) in [5.41, 5.74) is 2.86. The third-order valence-electron chi connectivity index (χ3n) is 4.71.